The highest BCUT2D eigenvalue weighted by Gasteiger charge is 2.39. The summed E-state index contributed by atoms with van der Waals surface area (Å²) < 4.78 is 106. The molecule has 0 unspecified atom stereocenters. The zero-order valence-electron chi connectivity index (χ0n) is 18.5. The number of benzene rings is 1. The molecular weight excluding hydrogens is 526 g/mol. The highest BCUT2D eigenvalue weighted by molar-refractivity contribution is 7.89. The molecule has 1 aromatic carbocycles. The number of pyridine rings is 1. The number of nitriles is 1. The molecule has 4 aromatic rings. The number of nitrogens with one attached hydrogen (secondary N) is 1. The summed E-state index contributed by atoms with van der Waals surface area (Å²) in [5, 5.41) is 9.98. The fourth-order valence-corrected chi connectivity index (χ4v) is 4.66. The van der Waals surface area contributed by atoms with Gasteiger partial charge in [0.2, 0.25) is 16.0 Å². The van der Waals surface area contributed by atoms with Crippen LogP contribution < -0.4 is 4.72 Å². The van der Waals surface area contributed by atoms with Gasteiger partial charge in [-0.2, -0.15) is 36.3 Å². The smallest absolute Gasteiger partial charge is 0.275 e. The van der Waals surface area contributed by atoms with Crippen LogP contribution in [0.5, 0.6) is 0 Å². The Morgan fingerprint density at radius 3 is 2.24 bits per heavy atom. The molecule has 3 aromatic heterocycles. The molecule has 0 aliphatic heterocycles. The Labute approximate surface area is 205 Å². The molecule has 3 heterocycles. The van der Waals surface area contributed by atoms with E-state index >= 15 is 0 Å². The Bertz CT molecular complexity index is 1610. The van der Waals surface area contributed by atoms with Gasteiger partial charge in [0.1, 0.15) is 17.0 Å². The van der Waals surface area contributed by atoms with Crippen LogP contribution in [0.4, 0.5) is 26.3 Å². The first-order chi connectivity index (χ1) is 17.2. The van der Waals surface area contributed by atoms with Crippen LogP contribution >= 0.6 is 0 Å². The summed E-state index contributed by atoms with van der Waals surface area (Å²) in [5.74, 6) is -0.0949. The first-order valence-electron chi connectivity index (χ1n) is 10.2. The van der Waals surface area contributed by atoms with Crippen LogP contribution in [0, 0.1) is 11.3 Å². The second kappa shape index (κ2) is 9.12. The quantitative estimate of drug-likeness (QED) is 0.370. The predicted molar refractivity (Wildman–Crippen MR) is 118 cm³/mol. The Balaban J connectivity index is 1.91. The molecule has 1 atom stereocenters. The van der Waals surface area contributed by atoms with E-state index in [1.807, 2.05) is 6.07 Å². The topological polar surface area (TPSA) is 114 Å². The molecule has 0 aliphatic carbocycles. The number of hydrogen-bond acceptors (Lipinski definition) is 6. The molecule has 1 N–H and O–H groups in total. The van der Waals surface area contributed by atoms with E-state index in [1.54, 1.807) is 0 Å². The van der Waals surface area contributed by atoms with Crippen molar-refractivity contribution < 1.29 is 34.8 Å². The van der Waals surface area contributed by atoms with Gasteiger partial charge in [-0.3, -0.25) is 9.55 Å². The molecule has 0 bridgehead atoms. The molecule has 8 nitrogen and oxygen atoms in total. The Morgan fingerprint density at radius 2 is 1.70 bits per heavy atom. The molecule has 0 saturated heterocycles. The summed E-state index contributed by atoms with van der Waals surface area (Å²) >= 11 is 0. The molecule has 37 heavy (non-hydrogen) atoms. The maximum Gasteiger partial charge on any atom is 0.416 e. The van der Waals surface area contributed by atoms with Gasteiger partial charge in [0.05, 0.1) is 28.0 Å². The average Bonchev–Trinajstić information content (AvgIpc) is 3.17. The van der Waals surface area contributed by atoms with Crippen molar-refractivity contribution in [1.82, 2.24) is 24.2 Å². The molecule has 0 saturated carbocycles. The first-order valence-corrected chi connectivity index (χ1v) is 11.7. The number of nitrogens with zero attached hydrogens (tertiary/aromatic N) is 5. The van der Waals surface area contributed by atoms with Gasteiger partial charge in [0.15, 0.2) is 0 Å². The number of aromatic nitrogens is 4. The van der Waals surface area contributed by atoms with Crippen LogP contribution in [-0.4, -0.2) is 40.2 Å². The van der Waals surface area contributed by atoms with Crippen LogP contribution in [0.2, 0.25) is 0 Å². The van der Waals surface area contributed by atoms with Gasteiger partial charge in [-0.15, -0.1) is 0 Å². The fourth-order valence-electron chi connectivity index (χ4n) is 3.48. The van der Waals surface area contributed by atoms with Crippen molar-refractivity contribution in [2.24, 2.45) is 0 Å². The lowest BCUT2D eigenvalue weighted by molar-refractivity contribution is -0.147. The van der Waals surface area contributed by atoms with E-state index in [-0.39, 0.29) is 33.8 Å². The molecule has 4 rings (SSSR count). The van der Waals surface area contributed by atoms with Crippen molar-refractivity contribution in [2.45, 2.75) is 30.2 Å². The Morgan fingerprint density at radius 1 is 1.03 bits per heavy atom. The van der Waals surface area contributed by atoms with Crippen LogP contribution in [0.25, 0.3) is 28.2 Å². The van der Waals surface area contributed by atoms with Crippen LogP contribution in [0.3, 0.4) is 0 Å². The Kier molecular flexibility index (Phi) is 6.42. The largest absolute Gasteiger partial charge is 0.416 e. The molecule has 0 radical (unpaired) electrons. The van der Waals surface area contributed by atoms with Crippen molar-refractivity contribution in [3.8, 4) is 23.4 Å². The summed E-state index contributed by atoms with van der Waals surface area (Å²) in [7, 11) is -4.62. The van der Waals surface area contributed by atoms with Gasteiger partial charge < -0.3 is 0 Å². The van der Waals surface area contributed by atoms with Crippen molar-refractivity contribution in [3.63, 3.8) is 0 Å². The third-order valence-electron chi connectivity index (χ3n) is 5.27. The van der Waals surface area contributed by atoms with Crippen molar-refractivity contribution in [2.75, 3.05) is 0 Å². The van der Waals surface area contributed by atoms with E-state index in [9.17, 15) is 40.0 Å². The highest BCUT2D eigenvalue weighted by atomic mass is 32.2. The SMILES string of the molecule is C[C@H](NS(=O)(=O)c1ccc(-c2c(C#N)c3ccc(C(F)(F)F)cc3n2-c2ncccn2)nc1)C(F)(F)F. The minimum Gasteiger partial charge on any atom is -0.275 e. The van der Waals surface area contributed by atoms with E-state index in [2.05, 4.69) is 15.0 Å². The predicted octanol–water partition coefficient (Wildman–Crippen LogP) is 4.60. The molecule has 192 valence electrons. The second-order valence-electron chi connectivity index (χ2n) is 7.71. The van der Waals surface area contributed by atoms with E-state index < -0.39 is 38.9 Å². The monoisotopic (exact) mass is 540 g/mol. The molecular formula is C22H14F6N6O2S. The van der Waals surface area contributed by atoms with Crippen molar-refractivity contribution >= 4 is 20.9 Å². The van der Waals surface area contributed by atoms with Crippen molar-refractivity contribution in [1.29, 1.82) is 5.26 Å². The number of rotatable bonds is 5. The fraction of sp³-hybridized carbons (Fsp3) is 0.182. The number of alkyl halides is 6. The summed E-state index contributed by atoms with van der Waals surface area (Å²) in [6.07, 6.45) is -6.09. The van der Waals surface area contributed by atoms with E-state index in [0.717, 1.165) is 36.5 Å². The molecule has 15 heteroatoms. The normalized spacial score (nSPS) is 13.5. The molecule has 0 spiro atoms. The van der Waals surface area contributed by atoms with Gasteiger partial charge in [0.25, 0.3) is 0 Å². The zero-order valence-corrected chi connectivity index (χ0v) is 19.3. The summed E-state index contributed by atoms with van der Waals surface area (Å²) in [4.78, 5) is 11.5. The van der Waals surface area contributed by atoms with Gasteiger partial charge >= 0.3 is 12.4 Å². The van der Waals surface area contributed by atoms with E-state index in [4.69, 9.17) is 0 Å². The summed E-state index contributed by atoms with van der Waals surface area (Å²) in [6.45, 7) is 0.631. The second-order valence-corrected chi connectivity index (χ2v) is 9.43. The van der Waals surface area contributed by atoms with E-state index in [0.29, 0.717) is 6.92 Å². The number of fused-ring (bicyclic) bond motifs is 1. The summed E-state index contributed by atoms with van der Waals surface area (Å²) in [5.41, 5.74) is -1.25. The lowest BCUT2D eigenvalue weighted by atomic mass is 10.1. The minimum absolute atomic E-state index is 0.0383. The molecule has 0 aliphatic rings. The number of hydrogen-bond donors (Lipinski definition) is 1. The van der Waals surface area contributed by atoms with Gasteiger partial charge in [-0.25, -0.2) is 18.4 Å². The first kappa shape index (κ1) is 26.0. The van der Waals surface area contributed by atoms with E-state index in [1.165, 1.54) is 27.7 Å². The lowest BCUT2D eigenvalue weighted by Gasteiger charge is -2.17. The third kappa shape index (κ3) is 4.98. The van der Waals surface area contributed by atoms with Crippen LogP contribution in [0.1, 0.15) is 18.1 Å². The standard InChI is InChI=1S/C22H14F6N6O2S/c1-12(21(23,24)25)33-37(35,36)14-4-6-17(32-11-14)19-16(10-29)15-5-3-13(22(26,27)28)9-18(15)34(19)20-30-7-2-8-31-20/h2-9,11-12,33H,1H3/t12-/m0/s1. The molecule has 0 fully saturated rings. The highest BCUT2D eigenvalue weighted by Crippen LogP contribution is 2.38. The number of sulfonamides is 1. The van der Waals surface area contributed by atoms with Crippen LogP contribution in [-0.2, 0) is 16.2 Å². The average molecular weight is 540 g/mol. The maximum absolute atomic E-state index is 13.4. The summed E-state index contributed by atoms with van der Waals surface area (Å²) in [6, 6.07) is 5.83. The Hall–Kier alpha value is -4.03. The van der Waals surface area contributed by atoms with Gasteiger partial charge in [-0.05, 0) is 37.3 Å². The minimum atomic E-state index is -4.83. The molecule has 0 amide bonds. The van der Waals surface area contributed by atoms with Gasteiger partial charge in [-0.1, -0.05) is 6.07 Å². The van der Waals surface area contributed by atoms with Crippen LogP contribution in [0.15, 0.2) is 59.9 Å². The lowest BCUT2D eigenvalue weighted by Crippen LogP contribution is -2.42. The zero-order chi connectivity index (χ0) is 27.2. The number of halogens is 6. The third-order valence-corrected chi connectivity index (χ3v) is 6.80. The maximum atomic E-state index is 13.4. The van der Waals surface area contributed by atoms with Crippen molar-refractivity contribution in [3.05, 3.63) is 66.1 Å². The van der Waals surface area contributed by atoms with Gasteiger partial charge in [0, 0.05) is 24.0 Å².